The molecule has 0 aliphatic rings. The third kappa shape index (κ3) is 3.02. The van der Waals surface area contributed by atoms with Gasteiger partial charge in [-0.1, -0.05) is 32.9 Å². The van der Waals surface area contributed by atoms with Gasteiger partial charge in [-0.2, -0.15) is 5.26 Å². The lowest BCUT2D eigenvalue weighted by atomic mass is 9.90. The molecule has 2 atom stereocenters. The van der Waals surface area contributed by atoms with E-state index in [2.05, 4.69) is 26.0 Å². The first-order valence-electron chi connectivity index (χ1n) is 6.38. The fraction of sp³-hybridized carbons (Fsp3) is 0.533. The van der Waals surface area contributed by atoms with E-state index in [1.165, 1.54) is 5.56 Å². The van der Waals surface area contributed by atoms with E-state index in [9.17, 15) is 0 Å². The van der Waals surface area contributed by atoms with Gasteiger partial charge in [-0.3, -0.25) is 0 Å². The van der Waals surface area contributed by atoms with Crippen LogP contribution in [0.1, 0.15) is 50.3 Å². The number of nitrogens with two attached hydrogens (primary N) is 1. The van der Waals surface area contributed by atoms with Crippen LogP contribution in [0, 0.1) is 17.2 Å². The van der Waals surface area contributed by atoms with Crippen molar-refractivity contribution in [2.75, 3.05) is 7.11 Å². The van der Waals surface area contributed by atoms with Gasteiger partial charge < -0.3 is 10.5 Å². The molecule has 2 N–H and O–H groups in total. The van der Waals surface area contributed by atoms with Gasteiger partial charge in [0.1, 0.15) is 5.75 Å². The van der Waals surface area contributed by atoms with Crippen LogP contribution in [0.5, 0.6) is 5.75 Å². The van der Waals surface area contributed by atoms with E-state index in [4.69, 9.17) is 15.7 Å². The second-order valence-corrected chi connectivity index (χ2v) is 4.83. The zero-order valence-corrected chi connectivity index (χ0v) is 11.6. The van der Waals surface area contributed by atoms with E-state index in [0.29, 0.717) is 5.92 Å². The SMILES string of the molecule is CCC(C#N)C(N)c1ccc(C(C)C)cc1OC. The molecule has 0 saturated carbocycles. The Morgan fingerprint density at radius 1 is 1.39 bits per heavy atom. The van der Waals surface area contributed by atoms with Crippen molar-refractivity contribution in [1.29, 1.82) is 5.26 Å². The molecular weight excluding hydrogens is 224 g/mol. The van der Waals surface area contributed by atoms with Crippen LogP contribution >= 0.6 is 0 Å². The lowest BCUT2D eigenvalue weighted by molar-refractivity contribution is 0.396. The molecule has 3 heteroatoms. The lowest BCUT2D eigenvalue weighted by Gasteiger charge is -2.20. The van der Waals surface area contributed by atoms with Gasteiger partial charge in [-0.25, -0.2) is 0 Å². The summed E-state index contributed by atoms with van der Waals surface area (Å²) in [4.78, 5) is 0. The van der Waals surface area contributed by atoms with Gasteiger partial charge in [0.05, 0.1) is 19.1 Å². The van der Waals surface area contributed by atoms with Crippen molar-refractivity contribution in [3.05, 3.63) is 29.3 Å². The van der Waals surface area contributed by atoms with E-state index in [1.807, 2.05) is 19.1 Å². The highest BCUT2D eigenvalue weighted by Crippen LogP contribution is 2.32. The van der Waals surface area contributed by atoms with Crippen molar-refractivity contribution >= 4 is 0 Å². The quantitative estimate of drug-likeness (QED) is 0.866. The zero-order valence-electron chi connectivity index (χ0n) is 11.6. The van der Waals surface area contributed by atoms with Crippen LogP contribution in [-0.2, 0) is 0 Å². The molecule has 1 aromatic carbocycles. The summed E-state index contributed by atoms with van der Waals surface area (Å²) in [6.07, 6.45) is 0.743. The Bertz CT molecular complexity index is 435. The Hall–Kier alpha value is -1.53. The number of benzene rings is 1. The second kappa shape index (κ2) is 6.42. The fourth-order valence-electron chi connectivity index (χ4n) is 2.00. The smallest absolute Gasteiger partial charge is 0.123 e. The summed E-state index contributed by atoms with van der Waals surface area (Å²) in [5.74, 6) is 1.05. The van der Waals surface area contributed by atoms with Gasteiger partial charge >= 0.3 is 0 Å². The lowest BCUT2D eigenvalue weighted by Crippen LogP contribution is -2.20. The van der Waals surface area contributed by atoms with Crippen LogP contribution < -0.4 is 10.5 Å². The van der Waals surface area contributed by atoms with Gasteiger partial charge in [0, 0.05) is 11.6 Å². The minimum atomic E-state index is -0.295. The molecule has 0 aromatic heterocycles. The van der Waals surface area contributed by atoms with E-state index >= 15 is 0 Å². The number of hydrogen-bond donors (Lipinski definition) is 1. The first-order valence-corrected chi connectivity index (χ1v) is 6.38. The van der Waals surface area contributed by atoms with Crippen molar-refractivity contribution in [2.24, 2.45) is 11.7 Å². The van der Waals surface area contributed by atoms with Gasteiger partial charge in [0.2, 0.25) is 0 Å². The van der Waals surface area contributed by atoms with Crippen LogP contribution in [0.25, 0.3) is 0 Å². The van der Waals surface area contributed by atoms with Crippen molar-refractivity contribution in [3.8, 4) is 11.8 Å². The number of hydrogen-bond acceptors (Lipinski definition) is 3. The number of methoxy groups -OCH3 is 1. The van der Waals surface area contributed by atoms with Crippen LogP contribution in [-0.4, -0.2) is 7.11 Å². The van der Waals surface area contributed by atoms with Crippen molar-refractivity contribution in [2.45, 2.75) is 39.2 Å². The maximum absolute atomic E-state index is 9.09. The topological polar surface area (TPSA) is 59.0 Å². The Morgan fingerprint density at radius 3 is 2.50 bits per heavy atom. The largest absolute Gasteiger partial charge is 0.496 e. The van der Waals surface area contributed by atoms with E-state index in [1.54, 1.807) is 7.11 Å². The molecule has 1 aromatic rings. The van der Waals surface area contributed by atoms with Crippen LogP contribution in [0.2, 0.25) is 0 Å². The first kappa shape index (κ1) is 14.5. The standard InChI is InChI=1S/C15H22N2O/c1-5-11(9-16)15(17)13-7-6-12(10(2)3)8-14(13)18-4/h6-8,10-11,15H,5,17H2,1-4H3. The molecule has 0 amide bonds. The zero-order chi connectivity index (χ0) is 13.7. The summed E-state index contributed by atoms with van der Waals surface area (Å²) in [7, 11) is 1.64. The van der Waals surface area contributed by atoms with Crippen LogP contribution in [0.4, 0.5) is 0 Å². The molecule has 0 aliphatic heterocycles. The summed E-state index contributed by atoms with van der Waals surface area (Å²) in [6, 6.07) is 8.03. The molecule has 0 radical (unpaired) electrons. The van der Waals surface area contributed by atoms with Gasteiger partial charge in [0.25, 0.3) is 0 Å². The molecule has 0 fully saturated rings. The van der Waals surface area contributed by atoms with Crippen LogP contribution in [0.3, 0.4) is 0 Å². The number of rotatable bonds is 5. The number of nitriles is 1. The van der Waals surface area contributed by atoms with E-state index in [-0.39, 0.29) is 12.0 Å². The van der Waals surface area contributed by atoms with Gasteiger partial charge in [-0.05, 0) is 24.0 Å². The predicted molar refractivity (Wildman–Crippen MR) is 73.4 cm³/mol. The average Bonchev–Trinajstić information content (AvgIpc) is 2.39. The molecule has 3 nitrogen and oxygen atoms in total. The number of ether oxygens (including phenoxy) is 1. The second-order valence-electron chi connectivity index (χ2n) is 4.83. The van der Waals surface area contributed by atoms with E-state index in [0.717, 1.165) is 17.7 Å². The molecular formula is C15H22N2O. The Labute approximate surface area is 110 Å². The predicted octanol–water partition coefficient (Wildman–Crippen LogP) is 3.37. The first-order chi connectivity index (χ1) is 8.54. The fourth-order valence-corrected chi connectivity index (χ4v) is 2.00. The molecule has 1 rings (SSSR count). The highest BCUT2D eigenvalue weighted by molar-refractivity contribution is 5.41. The maximum Gasteiger partial charge on any atom is 0.123 e. The average molecular weight is 246 g/mol. The molecule has 18 heavy (non-hydrogen) atoms. The molecule has 0 spiro atoms. The van der Waals surface area contributed by atoms with Crippen LogP contribution in [0.15, 0.2) is 18.2 Å². The maximum atomic E-state index is 9.09. The summed E-state index contributed by atoms with van der Waals surface area (Å²) < 4.78 is 5.41. The molecule has 0 heterocycles. The third-order valence-corrected chi connectivity index (χ3v) is 3.32. The molecule has 0 bridgehead atoms. The molecule has 0 saturated heterocycles. The third-order valence-electron chi connectivity index (χ3n) is 3.32. The highest BCUT2D eigenvalue weighted by atomic mass is 16.5. The minimum Gasteiger partial charge on any atom is -0.496 e. The molecule has 98 valence electrons. The van der Waals surface area contributed by atoms with Crippen molar-refractivity contribution < 1.29 is 4.74 Å². The Balaban J connectivity index is 3.13. The van der Waals surface area contributed by atoms with Crippen molar-refractivity contribution in [1.82, 2.24) is 0 Å². The normalized spacial score (nSPS) is 14.1. The molecule has 0 aliphatic carbocycles. The van der Waals surface area contributed by atoms with Gasteiger partial charge in [0.15, 0.2) is 0 Å². The summed E-state index contributed by atoms with van der Waals surface area (Å²) >= 11 is 0. The summed E-state index contributed by atoms with van der Waals surface area (Å²) in [6.45, 7) is 6.25. The molecule has 2 unspecified atom stereocenters. The summed E-state index contributed by atoms with van der Waals surface area (Å²) in [5.41, 5.74) is 8.29. The monoisotopic (exact) mass is 246 g/mol. The highest BCUT2D eigenvalue weighted by Gasteiger charge is 2.21. The minimum absolute atomic E-state index is 0.177. The van der Waals surface area contributed by atoms with E-state index < -0.39 is 0 Å². The van der Waals surface area contributed by atoms with Crippen molar-refractivity contribution in [3.63, 3.8) is 0 Å². The summed E-state index contributed by atoms with van der Waals surface area (Å²) in [5, 5.41) is 9.09. The Kier molecular flexibility index (Phi) is 5.18. The Morgan fingerprint density at radius 2 is 2.06 bits per heavy atom. The number of nitrogens with zero attached hydrogens (tertiary/aromatic N) is 1. The van der Waals surface area contributed by atoms with Gasteiger partial charge in [-0.15, -0.1) is 0 Å².